The normalized spacial score (nSPS) is 12.8. The fourth-order valence-corrected chi connectivity index (χ4v) is 3.68. The molecule has 5 heteroatoms. The molecule has 0 aliphatic heterocycles. The summed E-state index contributed by atoms with van der Waals surface area (Å²) >= 11 is 13.3. The van der Waals surface area contributed by atoms with Crippen LogP contribution in [0.2, 0.25) is 8.67 Å². The van der Waals surface area contributed by atoms with Crippen LogP contribution in [0.25, 0.3) is 0 Å². The first-order valence-corrected chi connectivity index (χ1v) is 6.94. The van der Waals surface area contributed by atoms with Crippen LogP contribution in [0.1, 0.15) is 28.3 Å². The predicted molar refractivity (Wildman–Crippen MR) is 76.2 cm³/mol. The summed E-state index contributed by atoms with van der Waals surface area (Å²) in [6.45, 7) is 3.68. The van der Waals surface area contributed by atoms with Crippen molar-refractivity contribution >= 4 is 34.5 Å². The lowest BCUT2D eigenvalue weighted by Gasteiger charge is -2.17. The van der Waals surface area contributed by atoms with Crippen molar-refractivity contribution in [2.75, 3.05) is 0 Å². The van der Waals surface area contributed by atoms with Crippen LogP contribution < -0.4 is 5.73 Å². The van der Waals surface area contributed by atoms with E-state index >= 15 is 0 Å². The van der Waals surface area contributed by atoms with Crippen LogP contribution in [-0.4, -0.2) is 0 Å². The van der Waals surface area contributed by atoms with Gasteiger partial charge in [0.05, 0.1) is 14.7 Å². The lowest BCUT2D eigenvalue weighted by molar-refractivity contribution is 0.623. The molecule has 0 saturated heterocycles. The van der Waals surface area contributed by atoms with Gasteiger partial charge in [-0.2, -0.15) is 0 Å². The zero-order chi connectivity index (χ0) is 13.4. The largest absolute Gasteiger partial charge is 0.320 e. The second-order valence-corrected chi connectivity index (χ2v) is 6.50. The fraction of sp³-hybridized carbons (Fsp3) is 0.231. The Bertz CT molecular complexity index is 572. The average molecular weight is 304 g/mol. The highest BCUT2D eigenvalue weighted by atomic mass is 35.5. The molecule has 1 unspecified atom stereocenters. The maximum Gasteiger partial charge on any atom is 0.123 e. The van der Waals surface area contributed by atoms with Crippen molar-refractivity contribution in [2.45, 2.75) is 19.9 Å². The maximum absolute atomic E-state index is 13.3. The first kappa shape index (κ1) is 13.8. The smallest absolute Gasteiger partial charge is 0.123 e. The monoisotopic (exact) mass is 303 g/mol. The number of hydrogen-bond acceptors (Lipinski definition) is 2. The zero-order valence-corrected chi connectivity index (χ0v) is 12.3. The van der Waals surface area contributed by atoms with Gasteiger partial charge in [0, 0.05) is 5.56 Å². The number of halogens is 3. The molecule has 2 N–H and O–H groups in total. The van der Waals surface area contributed by atoms with E-state index in [1.165, 1.54) is 23.5 Å². The first-order valence-electron chi connectivity index (χ1n) is 5.37. The van der Waals surface area contributed by atoms with E-state index in [0.29, 0.717) is 8.67 Å². The predicted octanol–water partition coefficient (Wildman–Crippen LogP) is 4.86. The van der Waals surface area contributed by atoms with E-state index in [4.69, 9.17) is 28.9 Å². The maximum atomic E-state index is 13.3. The van der Waals surface area contributed by atoms with Gasteiger partial charge in [-0.05, 0) is 48.7 Å². The SMILES string of the molecule is Cc1cc(F)cc(C)c1C(N)c1cc(Cl)sc1Cl. The molecular weight excluding hydrogens is 292 g/mol. The molecule has 1 atom stereocenters. The quantitative estimate of drug-likeness (QED) is 0.842. The van der Waals surface area contributed by atoms with Crippen molar-refractivity contribution < 1.29 is 4.39 Å². The molecule has 0 saturated carbocycles. The number of nitrogens with two attached hydrogens (primary N) is 1. The molecule has 0 aliphatic rings. The van der Waals surface area contributed by atoms with Crippen molar-refractivity contribution in [1.29, 1.82) is 0 Å². The molecule has 2 rings (SSSR count). The summed E-state index contributed by atoms with van der Waals surface area (Å²) in [6.07, 6.45) is 0. The van der Waals surface area contributed by atoms with E-state index in [1.54, 1.807) is 6.07 Å². The first-order chi connectivity index (χ1) is 8.40. The van der Waals surface area contributed by atoms with E-state index in [2.05, 4.69) is 0 Å². The van der Waals surface area contributed by atoms with E-state index in [1.807, 2.05) is 13.8 Å². The zero-order valence-electron chi connectivity index (χ0n) is 9.93. The van der Waals surface area contributed by atoms with Gasteiger partial charge in [-0.25, -0.2) is 4.39 Å². The standard InChI is InChI=1S/C13H12Cl2FNS/c1-6-3-8(16)4-7(2)11(6)12(17)9-5-10(14)18-13(9)15/h3-5,12H,17H2,1-2H3. The molecule has 0 fully saturated rings. The van der Waals surface area contributed by atoms with Crippen LogP contribution in [-0.2, 0) is 0 Å². The van der Waals surface area contributed by atoms with Gasteiger partial charge in [0.15, 0.2) is 0 Å². The Morgan fingerprint density at radius 2 is 1.72 bits per heavy atom. The summed E-state index contributed by atoms with van der Waals surface area (Å²) in [4.78, 5) is 0. The molecule has 0 bridgehead atoms. The summed E-state index contributed by atoms with van der Waals surface area (Å²) in [5.74, 6) is -0.254. The lowest BCUT2D eigenvalue weighted by atomic mass is 9.93. The average Bonchev–Trinajstić information content (AvgIpc) is 2.56. The summed E-state index contributed by atoms with van der Waals surface area (Å²) in [6, 6.07) is 4.33. The number of benzene rings is 1. The summed E-state index contributed by atoms with van der Waals surface area (Å²) in [5.41, 5.74) is 9.54. The van der Waals surface area contributed by atoms with E-state index in [-0.39, 0.29) is 11.9 Å². The third-order valence-electron chi connectivity index (χ3n) is 2.89. The van der Waals surface area contributed by atoms with E-state index in [0.717, 1.165) is 22.3 Å². The molecule has 2 aromatic rings. The van der Waals surface area contributed by atoms with E-state index in [9.17, 15) is 4.39 Å². The minimum Gasteiger partial charge on any atom is -0.320 e. The number of hydrogen-bond donors (Lipinski definition) is 1. The Balaban J connectivity index is 2.52. The fourth-order valence-electron chi connectivity index (χ4n) is 2.13. The molecule has 1 aromatic heterocycles. The van der Waals surface area contributed by atoms with Gasteiger partial charge in [-0.3, -0.25) is 0 Å². The minimum absolute atomic E-state index is 0.254. The van der Waals surface area contributed by atoms with Gasteiger partial charge in [0.1, 0.15) is 5.82 Å². The Morgan fingerprint density at radius 3 is 2.17 bits per heavy atom. The molecule has 0 aliphatic carbocycles. The summed E-state index contributed by atoms with van der Waals surface area (Å²) in [5, 5.41) is 0. The molecular formula is C13H12Cl2FNS. The Kier molecular flexibility index (Phi) is 3.97. The highest BCUT2D eigenvalue weighted by molar-refractivity contribution is 7.20. The highest BCUT2D eigenvalue weighted by Crippen LogP contribution is 2.38. The van der Waals surface area contributed by atoms with Crippen LogP contribution >= 0.6 is 34.5 Å². The van der Waals surface area contributed by atoms with Gasteiger partial charge < -0.3 is 5.73 Å². The molecule has 18 heavy (non-hydrogen) atoms. The molecule has 0 radical (unpaired) electrons. The number of rotatable bonds is 2. The topological polar surface area (TPSA) is 26.0 Å². The van der Waals surface area contributed by atoms with Crippen molar-refractivity contribution in [1.82, 2.24) is 0 Å². The Labute approximate surface area is 119 Å². The molecule has 0 amide bonds. The Hall–Kier alpha value is -0.610. The van der Waals surface area contributed by atoms with Crippen LogP contribution in [0, 0.1) is 19.7 Å². The molecule has 1 aromatic carbocycles. The van der Waals surface area contributed by atoms with Gasteiger partial charge in [0.25, 0.3) is 0 Å². The van der Waals surface area contributed by atoms with Crippen molar-refractivity contribution in [3.63, 3.8) is 0 Å². The van der Waals surface area contributed by atoms with Crippen LogP contribution in [0.15, 0.2) is 18.2 Å². The number of aryl methyl sites for hydroxylation is 2. The molecule has 96 valence electrons. The van der Waals surface area contributed by atoms with Crippen LogP contribution in [0.4, 0.5) is 4.39 Å². The summed E-state index contributed by atoms with van der Waals surface area (Å²) < 4.78 is 14.5. The Morgan fingerprint density at radius 1 is 1.17 bits per heavy atom. The van der Waals surface area contributed by atoms with Crippen molar-refractivity contribution in [2.24, 2.45) is 5.73 Å². The van der Waals surface area contributed by atoms with Gasteiger partial charge in [-0.1, -0.05) is 23.2 Å². The van der Waals surface area contributed by atoms with E-state index < -0.39 is 0 Å². The molecule has 1 heterocycles. The third kappa shape index (κ3) is 2.54. The van der Waals surface area contributed by atoms with Gasteiger partial charge in [-0.15, -0.1) is 11.3 Å². The highest BCUT2D eigenvalue weighted by Gasteiger charge is 2.19. The lowest BCUT2D eigenvalue weighted by Crippen LogP contribution is -2.14. The molecule has 1 nitrogen and oxygen atoms in total. The van der Waals surface area contributed by atoms with Crippen LogP contribution in [0.3, 0.4) is 0 Å². The van der Waals surface area contributed by atoms with Crippen LogP contribution in [0.5, 0.6) is 0 Å². The van der Waals surface area contributed by atoms with Gasteiger partial charge >= 0.3 is 0 Å². The minimum atomic E-state index is -0.387. The number of thiophene rings is 1. The third-order valence-corrected chi connectivity index (χ3v) is 4.41. The second kappa shape index (κ2) is 5.17. The molecule has 0 spiro atoms. The summed E-state index contributed by atoms with van der Waals surface area (Å²) in [7, 11) is 0. The second-order valence-electron chi connectivity index (χ2n) is 4.21. The van der Waals surface area contributed by atoms with Crippen molar-refractivity contribution in [3.8, 4) is 0 Å². The van der Waals surface area contributed by atoms with Gasteiger partial charge in [0.2, 0.25) is 0 Å². The van der Waals surface area contributed by atoms with Crippen molar-refractivity contribution in [3.05, 3.63) is 54.9 Å².